The van der Waals surface area contributed by atoms with Crippen molar-refractivity contribution in [3.05, 3.63) is 41.5 Å². The molecule has 8 atom stereocenters. The highest BCUT2D eigenvalue weighted by Gasteiger charge is 2.69. The minimum absolute atomic E-state index is 0.0803. The molecule has 4 heteroatoms. The lowest BCUT2D eigenvalue weighted by atomic mass is 9.32. The number of hydrogen-bond donors (Lipinski definition) is 1. The molecule has 6 aliphatic rings. The van der Waals surface area contributed by atoms with Crippen LogP contribution in [0, 0.1) is 50.7 Å². The van der Waals surface area contributed by atoms with Gasteiger partial charge in [0.25, 0.3) is 0 Å². The van der Waals surface area contributed by atoms with Crippen molar-refractivity contribution in [3.63, 3.8) is 0 Å². The zero-order chi connectivity index (χ0) is 30.3. The summed E-state index contributed by atoms with van der Waals surface area (Å²) in [4.78, 5) is 14.3. The molecule has 7 rings (SSSR count). The van der Waals surface area contributed by atoms with Crippen molar-refractivity contribution in [2.75, 3.05) is 31.1 Å². The number of carboxylic acids is 1. The molecule has 6 unspecified atom stereocenters. The van der Waals surface area contributed by atoms with Crippen LogP contribution in [0.25, 0.3) is 5.57 Å². The molecule has 0 aromatic heterocycles. The largest absolute Gasteiger partial charge is 0.478 e. The molecule has 43 heavy (non-hydrogen) atoms. The number of thioether (sulfide) groups is 1. The van der Waals surface area contributed by atoms with Gasteiger partial charge in [0.15, 0.2) is 0 Å². The van der Waals surface area contributed by atoms with Crippen LogP contribution in [0.4, 0.5) is 0 Å². The third-order valence-electron chi connectivity index (χ3n) is 15.6. The van der Waals surface area contributed by atoms with Crippen LogP contribution in [0.1, 0.15) is 121 Å². The molecule has 1 N–H and O–H groups in total. The van der Waals surface area contributed by atoms with Gasteiger partial charge in [-0.2, -0.15) is 11.8 Å². The first-order valence-corrected chi connectivity index (χ1v) is 18.9. The predicted octanol–water partition coefficient (Wildman–Crippen LogP) is 9.67. The second kappa shape index (κ2) is 10.6. The van der Waals surface area contributed by atoms with Gasteiger partial charge in [-0.3, -0.25) is 0 Å². The number of carboxylic acid groups (broad SMARTS) is 1. The van der Waals surface area contributed by atoms with E-state index < -0.39 is 5.97 Å². The van der Waals surface area contributed by atoms with Gasteiger partial charge in [0, 0.05) is 24.6 Å². The molecule has 5 fully saturated rings. The first kappa shape index (κ1) is 30.4. The maximum absolute atomic E-state index is 11.5. The molecule has 0 spiro atoms. The van der Waals surface area contributed by atoms with Gasteiger partial charge in [0.1, 0.15) is 0 Å². The van der Waals surface area contributed by atoms with E-state index in [4.69, 9.17) is 0 Å². The van der Waals surface area contributed by atoms with Crippen molar-refractivity contribution in [3.8, 4) is 0 Å². The molecule has 0 bridgehead atoms. The van der Waals surface area contributed by atoms with Crippen LogP contribution in [-0.4, -0.2) is 47.1 Å². The minimum Gasteiger partial charge on any atom is -0.478 e. The van der Waals surface area contributed by atoms with Crippen LogP contribution >= 0.6 is 11.8 Å². The quantitative estimate of drug-likeness (QED) is 0.364. The Morgan fingerprint density at radius 2 is 1.60 bits per heavy atom. The van der Waals surface area contributed by atoms with Gasteiger partial charge in [-0.15, -0.1) is 0 Å². The average molecular weight is 604 g/mol. The Morgan fingerprint density at radius 1 is 0.860 bits per heavy atom. The topological polar surface area (TPSA) is 40.5 Å². The summed E-state index contributed by atoms with van der Waals surface area (Å²) in [5, 5.41) is 9.44. The van der Waals surface area contributed by atoms with Crippen LogP contribution in [-0.2, 0) is 0 Å². The van der Waals surface area contributed by atoms with E-state index in [-0.39, 0.29) is 5.41 Å². The van der Waals surface area contributed by atoms with E-state index >= 15 is 0 Å². The fraction of sp³-hybridized carbons (Fsp3) is 0.769. The highest BCUT2D eigenvalue weighted by atomic mass is 32.2. The van der Waals surface area contributed by atoms with Gasteiger partial charge in [0.2, 0.25) is 0 Å². The Hall–Kier alpha value is -1.26. The van der Waals surface area contributed by atoms with Gasteiger partial charge >= 0.3 is 5.97 Å². The predicted molar refractivity (Wildman–Crippen MR) is 180 cm³/mol. The van der Waals surface area contributed by atoms with Crippen molar-refractivity contribution in [1.82, 2.24) is 4.90 Å². The van der Waals surface area contributed by atoms with Gasteiger partial charge < -0.3 is 10.0 Å². The monoisotopic (exact) mass is 603 g/mol. The maximum Gasteiger partial charge on any atom is 0.335 e. The Morgan fingerprint density at radius 3 is 2.33 bits per heavy atom. The molecule has 1 aliphatic heterocycles. The Kier molecular flexibility index (Phi) is 7.53. The maximum atomic E-state index is 11.5. The van der Waals surface area contributed by atoms with E-state index in [9.17, 15) is 9.90 Å². The third-order valence-corrected chi connectivity index (χ3v) is 16.5. The number of carbonyl (C=O) groups is 1. The third kappa shape index (κ3) is 4.49. The van der Waals surface area contributed by atoms with Gasteiger partial charge in [-0.1, -0.05) is 59.2 Å². The summed E-state index contributed by atoms with van der Waals surface area (Å²) >= 11 is 2.15. The first-order valence-electron chi connectivity index (χ1n) is 17.8. The highest BCUT2D eigenvalue weighted by molar-refractivity contribution is 7.99. The number of aromatic carboxylic acids is 1. The van der Waals surface area contributed by atoms with Gasteiger partial charge in [-0.05, 0) is 145 Å². The summed E-state index contributed by atoms with van der Waals surface area (Å²) in [6.07, 6.45) is 18.2. The Balaban J connectivity index is 1.15. The second-order valence-electron chi connectivity index (χ2n) is 17.2. The lowest BCUT2D eigenvalue weighted by Gasteiger charge is -2.72. The summed E-state index contributed by atoms with van der Waals surface area (Å²) in [6, 6.07) is 7.69. The van der Waals surface area contributed by atoms with E-state index in [1.165, 1.54) is 113 Å². The summed E-state index contributed by atoms with van der Waals surface area (Å²) in [5.41, 5.74) is 4.95. The molecule has 1 saturated heterocycles. The highest BCUT2D eigenvalue weighted by Crippen LogP contribution is 2.77. The molecule has 5 aliphatic carbocycles. The van der Waals surface area contributed by atoms with Crippen molar-refractivity contribution in [1.29, 1.82) is 0 Å². The first-order chi connectivity index (χ1) is 20.4. The summed E-state index contributed by atoms with van der Waals surface area (Å²) in [5.74, 6) is 5.14. The van der Waals surface area contributed by atoms with Crippen molar-refractivity contribution in [2.45, 2.75) is 105 Å². The van der Waals surface area contributed by atoms with E-state index in [1.807, 2.05) is 0 Å². The normalized spacial score (nSPS) is 44.0. The number of allylic oxidation sites excluding steroid dienone is 2. The van der Waals surface area contributed by atoms with E-state index in [0.29, 0.717) is 33.1 Å². The number of nitrogens with zero attached hydrogens (tertiary/aromatic N) is 1. The molecule has 0 radical (unpaired) electrons. The van der Waals surface area contributed by atoms with Gasteiger partial charge in [-0.25, -0.2) is 4.79 Å². The minimum atomic E-state index is -0.842. The van der Waals surface area contributed by atoms with E-state index in [0.717, 1.165) is 17.8 Å². The van der Waals surface area contributed by atoms with Crippen LogP contribution in [0.5, 0.6) is 0 Å². The average Bonchev–Trinajstić information content (AvgIpc) is 3.41. The van der Waals surface area contributed by atoms with E-state index in [2.05, 4.69) is 69.5 Å². The number of rotatable bonds is 5. The lowest BCUT2D eigenvalue weighted by Crippen LogP contribution is -2.65. The molecular formula is C39H57NO2S. The Labute approximate surface area is 266 Å². The van der Waals surface area contributed by atoms with Crippen LogP contribution in [0.15, 0.2) is 30.3 Å². The molecule has 1 aromatic carbocycles. The molecule has 1 aromatic rings. The van der Waals surface area contributed by atoms with E-state index in [1.54, 1.807) is 12.1 Å². The molecule has 0 amide bonds. The lowest BCUT2D eigenvalue weighted by molar-refractivity contribution is -0.223. The SMILES string of the molecule is CC1(C)C(c2ccc(C(=O)O)cc2)=CCC2(C)C1CCC1(C)C2CCC2[C@H]3CCCC3(CCN3CCSCC3)CC[C@]21C. The van der Waals surface area contributed by atoms with Crippen LogP contribution in [0.2, 0.25) is 0 Å². The van der Waals surface area contributed by atoms with Crippen molar-refractivity contribution in [2.24, 2.45) is 50.7 Å². The summed E-state index contributed by atoms with van der Waals surface area (Å²) in [7, 11) is 0. The summed E-state index contributed by atoms with van der Waals surface area (Å²) in [6.45, 7) is 17.2. The molecule has 3 nitrogen and oxygen atoms in total. The van der Waals surface area contributed by atoms with Crippen LogP contribution in [0.3, 0.4) is 0 Å². The number of fused-ring (bicyclic) bond motifs is 7. The van der Waals surface area contributed by atoms with Gasteiger partial charge in [0.05, 0.1) is 5.56 Å². The van der Waals surface area contributed by atoms with Crippen LogP contribution < -0.4 is 0 Å². The zero-order valence-electron chi connectivity index (χ0n) is 27.7. The molecule has 1 heterocycles. The number of hydrogen-bond acceptors (Lipinski definition) is 3. The number of benzene rings is 1. The smallest absolute Gasteiger partial charge is 0.335 e. The second-order valence-corrected chi connectivity index (χ2v) is 18.4. The molecule has 236 valence electrons. The standard InChI is InChI=1S/C39H57NO2S/c1-35(2)29(27-8-10-28(11-9-27)34(41)42)14-17-36(3)32(35)15-18-38(5)33(36)13-12-30-31-7-6-16-39(31,20-19-37(30,38)4)21-22-40-23-25-43-26-24-40/h8-11,14,30-33H,6-7,12-13,15-26H2,1-5H3,(H,41,42)/t30?,31-,32?,33?,36?,37-,38?,39?/m1/s1. The van der Waals surface area contributed by atoms with Crippen molar-refractivity contribution >= 4 is 23.3 Å². The Bertz CT molecular complexity index is 1260. The fourth-order valence-corrected chi connectivity index (χ4v) is 14.2. The zero-order valence-corrected chi connectivity index (χ0v) is 28.5. The molecular weight excluding hydrogens is 547 g/mol. The summed E-state index contributed by atoms with van der Waals surface area (Å²) < 4.78 is 0. The molecule has 4 saturated carbocycles. The fourth-order valence-electron chi connectivity index (χ4n) is 13.2. The van der Waals surface area contributed by atoms with Crippen molar-refractivity contribution < 1.29 is 9.90 Å².